The highest BCUT2D eigenvalue weighted by Crippen LogP contribution is 2.29. The number of benzene rings is 2. The lowest BCUT2D eigenvalue weighted by Crippen LogP contribution is -2.10. The van der Waals surface area contributed by atoms with Gasteiger partial charge in [0.15, 0.2) is 0 Å². The highest BCUT2D eigenvalue weighted by Gasteiger charge is 2.17. The molecule has 0 aliphatic carbocycles. The zero-order chi connectivity index (χ0) is 14.7. The first kappa shape index (κ1) is 14.5. The summed E-state index contributed by atoms with van der Waals surface area (Å²) in [5.41, 5.74) is 6.09. The average molecular weight is 283 g/mol. The summed E-state index contributed by atoms with van der Waals surface area (Å²) in [6.45, 7) is 0.223. The van der Waals surface area contributed by atoms with Gasteiger partial charge in [-0.25, -0.2) is 17.6 Å². The van der Waals surface area contributed by atoms with E-state index in [1.54, 1.807) is 0 Å². The number of nitrogens with two attached hydrogens (primary N) is 1. The molecule has 0 aliphatic heterocycles. The van der Waals surface area contributed by atoms with Gasteiger partial charge in [-0.05, 0) is 48.4 Å². The molecule has 0 bridgehead atoms. The molecule has 0 unspecified atom stereocenters. The Bertz CT molecular complexity index is 521. The van der Waals surface area contributed by atoms with Gasteiger partial charge in [0.2, 0.25) is 0 Å². The topological polar surface area (TPSA) is 26.0 Å². The lowest BCUT2D eigenvalue weighted by Gasteiger charge is -2.17. The van der Waals surface area contributed by atoms with Crippen molar-refractivity contribution < 1.29 is 17.6 Å². The lowest BCUT2D eigenvalue weighted by atomic mass is 9.88. The second-order valence-corrected chi connectivity index (χ2v) is 4.54. The van der Waals surface area contributed by atoms with Crippen molar-refractivity contribution in [3.63, 3.8) is 0 Å². The quantitative estimate of drug-likeness (QED) is 0.850. The summed E-state index contributed by atoms with van der Waals surface area (Å²) in [6.07, 6.45) is 0.325. The lowest BCUT2D eigenvalue weighted by molar-refractivity contribution is 0.567. The molecule has 0 saturated carbocycles. The number of halogens is 4. The molecule has 2 rings (SSSR count). The minimum atomic E-state index is -0.737. The van der Waals surface area contributed by atoms with Crippen LogP contribution in [0.15, 0.2) is 36.4 Å². The summed E-state index contributed by atoms with van der Waals surface area (Å²) >= 11 is 0. The second-order valence-electron chi connectivity index (χ2n) is 4.54. The van der Waals surface area contributed by atoms with Crippen LogP contribution >= 0.6 is 0 Å². The van der Waals surface area contributed by atoms with Crippen molar-refractivity contribution in [2.75, 3.05) is 6.54 Å². The fourth-order valence-corrected chi connectivity index (χ4v) is 2.25. The smallest absolute Gasteiger partial charge is 0.126 e. The molecule has 0 saturated heterocycles. The Morgan fingerprint density at radius 1 is 0.700 bits per heavy atom. The van der Waals surface area contributed by atoms with Crippen LogP contribution in [0.5, 0.6) is 0 Å². The first-order valence-electron chi connectivity index (χ1n) is 6.11. The summed E-state index contributed by atoms with van der Waals surface area (Å²) in [7, 11) is 0. The Morgan fingerprint density at radius 2 is 1.05 bits per heavy atom. The maximum atomic E-state index is 13.3. The normalized spacial score (nSPS) is 11.1. The van der Waals surface area contributed by atoms with E-state index in [9.17, 15) is 17.6 Å². The van der Waals surface area contributed by atoms with Gasteiger partial charge in [0.05, 0.1) is 0 Å². The molecule has 0 amide bonds. The third-order valence-electron chi connectivity index (χ3n) is 3.03. The predicted molar refractivity (Wildman–Crippen MR) is 68.2 cm³/mol. The number of rotatable bonds is 4. The fourth-order valence-electron chi connectivity index (χ4n) is 2.25. The van der Waals surface area contributed by atoms with E-state index in [0.29, 0.717) is 17.5 Å². The van der Waals surface area contributed by atoms with Crippen LogP contribution < -0.4 is 5.73 Å². The molecule has 5 heteroatoms. The zero-order valence-corrected chi connectivity index (χ0v) is 10.5. The minimum absolute atomic E-state index is 0.223. The second kappa shape index (κ2) is 6.05. The van der Waals surface area contributed by atoms with Gasteiger partial charge in [-0.1, -0.05) is 0 Å². The summed E-state index contributed by atoms with van der Waals surface area (Å²) in [4.78, 5) is 0. The molecule has 20 heavy (non-hydrogen) atoms. The van der Waals surface area contributed by atoms with Gasteiger partial charge in [0.1, 0.15) is 23.3 Å². The summed E-state index contributed by atoms with van der Waals surface area (Å²) in [6, 6.07) is 6.07. The van der Waals surface area contributed by atoms with E-state index < -0.39 is 29.2 Å². The van der Waals surface area contributed by atoms with E-state index >= 15 is 0 Å². The van der Waals surface area contributed by atoms with Crippen molar-refractivity contribution in [3.8, 4) is 0 Å². The van der Waals surface area contributed by atoms with Gasteiger partial charge in [0, 0.05) is 18.1 Å². The molecular formula is C15H13F4N. The van der Waals surface area contributed by atoms with E-state index in [-0.39, 0.29) is 6.54 Å². The van der Waals surface area contributed by atoms with Gasteiger partial charge in [-0.15, -0.1) is 0 Å². The molecule has 106 valence electrons. The van der Waals surface area contributed by atoms with Gasteiger partial charge in [-0.3, -0.25) is 0 Å². The molecule has 2 aromatic carbocycles. The molecule has 0 fully saturated rings. The van der Waals surface area contributed by atoms with Gasteiger partial charge in [0.25, 0.3) is 0 Å². The summed E-state index contributed by atoms with van der Waals surface area (Å²) in [5, 5.41) is 0. The number of hydrogen-bond donors (Lipinski definition) is 1. The van der Waals surface area contributed by atoms with E-state index in [4.69, 9.17) is 5.73 Å². The first-order valence-corrected chi connectivity index (χ1v) is 6.11. The number of hydrogen-bond acceptors (Lipinski definition) is 1. The van der Waals surface area contributed by atoms with Crippen LogP contribution in [0.3, 0.4) is 0 Å². The average Bonchev–Trinajstić information content (AvgIpc) is 2.33. The Kier molecular flexibility index (Phi) is 4.39. The van der Waals surface area contributed by atoms with E-state index in [2.05, 4.69) is 0 Å². The van der Waals surface area contributed by atoms with Crippen molar-refractivity contribution in [2.45, 2.75) is 12.3 Å². The molecule has 0 aliphatic rings. The molecule has 1 nitrogen and oxygen atoms in total. The molecule has 0 atom stereocenters. The maximum absolute atomic E-state index is 13.3. The summed E-state index contributed by atoms with van der Waals surface area (Å²) < 4.78 is 53.1. The SMILES string of the molecule is NCCC(c1cc(F)cc(F)c1)c1cc(F)cc(F)c1. The summed E-state index contributed by atoms with van der Waals surface area (Å²) in [5.74, 6) is -3.51. The third kappa shape index (κ3) is 3.36. The first-order chi connectivity index (χ1) is 9.49. The van der Waals surface area contributed by atoms with Crippen LogP contribution in [0.4, 0.5) is 17.6 Å². The highest BCUT2D eigenvalue weighted by atomic mass is 19.1. The van der Waals surface area contributed by atoms with Crippen molar-refractivity contribution in [3.05, 3.63) is 70.8 Å². The highest BCUT2D eigenvalue weighted by molar-refractivity contribution is 5.34. The fraction of sp³-hybridized carbons (Fsp3) is 0.200. The Balaban J connectivity index is 2.49. The van der Waals surface area contributed by atoms with Gasteiger partial charge >= 0.3 is 0 Å². The van der Waals surface area contributed by atoms with Gasteiger partial charge in [-0.2, -0.15) is 0 Å². The Morgan fingerprint density at radius 3 is 1.35 bits per heavy atom. The van der Waals surface area contributed by atoms with Crippen LogP contribution in [-0.2, 0) is 0 Å². The predicted octanol–water partition coefficient (Wildman–Crippen LogP) is 3.72. The van der Waals surface area contributed by atoms with E-state index in [1.807, 2.05) is 0 Å². The van der Waals surface area contributed by atoms with Crippen LogP contribution in [0.25, 0.3) is 0 Å². The van der Waals surface area contributed by atoms with Gasteiger partial charge < -0.3 is 5.73 Å². The van der Waals surface area contributed by atoms with E-state index in [1.165, 1.54) is 0 Å². The van der Waals surface area contributed by atoms with Crippen LogP contribution in [0, 0.1) is 23.3 Å². The van der Waals surface area contributed by atoms with Crippen molar-refractivity contribution >= 4 is 0 Å². The van der Waals surface area contributed by atoms with Crippen molar-refractivity contribution in [1.29, 1.82) is 0 Å². The van der Waals surface area contributed by atoms with Crippen LogP contribution in [0.2, 0.25) is 0 Å². The van der Waals surface area contributed by atoms with E-state index in [0.717, 1.165) is 36.4 Å². The molecular weight excluding hydrogens is 270 g/mol. The van der Waals surface area contributed by atoms with Crippen LogP contribution in [0.1, 0.15) is 23.5 Å². The van der Waals surface area contributed by atoms with Crippen molar-refractivity contribution in [2.24, 2.45) is 5.73 Å². The molecule has 0 aromatic heterocycles. The minimum Gasteiger partial charge on any atom is -0.330 e. The Labute approximate surface area is 114 Å². The van der Waals surface area contributed by atoms with Crippen molar-refractivity contribution in [1.82, 2.24) is 0 Å². The molecule has 0 spiro atoms. The molecule has 2 N–H and O–H groups in total. The monoisotopic (exact) mass is 283 g/mol. The molecule has 0 heterocycles. The standard InChI is InChI=1S/C15H13F4N/c16-11-3-9(4-12(17)7-11)15(1-2-20)10-5-13(18)8-14(19)6-10/h3-8,15H,1-2,20H2. The largest absolute Gasteiger partial charge is 0.330 e. The molecule has 2 aromatic rings. The van der Waals surface area contributed by atoms with Crippen LogP contribution in [-0.4, -0.2) is 6.54 Å². The molecule has 0 radical (unpaired) electrons. The zero-order valence-electron chi connectivity index (χ0n) is 10.5. The third-order valence-corrected chi connectivity index (χ3v) is 3.03. The maximum Gasteiger partial charge on any atom is 0.126 e. The Hall–Kier alpha value is -1.88.